The van der Waals surface area contributed by atoms with Gasteiger partial charge in [-0.25, -0.2) is 0 Å². The van der Waals surface area contributed by atoms with Crippen LogP contribution in [0.5, 0.6) is 0 Å². The Morgan fingerprint density at radius 1 is 1.40 bits per heavy atom. The summed E-state index contributed by atoms with van der Waals surface area (Å²) in [5.74, 6) is 2.58. The van der Waals surface area contributed by atoms with Crippen molar-refractivity contribution >= 4 is 10.8 Å². The van der Waals surface area contributed by atoms with Crippen LogP contribution >= 0.6 is 0 Å². The van der Waals surface area contributed by atoms with Gasteiger partial charge in [0.1, 0.15) is 0 Å². The van der Waals surface area contributed by atoms with Crippen molar-refractivity contribution in [1.82, 2.24) is 0 Å². The number of rotatable bonds is 2. The molecule has 0 aromatic carbocycles. The van der Waals surface area contributed by atoms with Crippen molar-refractivity contribution in [2.45, 2.75) is 19.3 Å². The summed E-state index contributed by atoms with van der Waals surface area (Å²) in [5.41, 5.74) is 5.42. The minimum Gasteiger partial charge on any atom is -0.330 e. The van der Waals surface area contributed by atoms with Gasteiger partial charge in [-0.3, -0.25) is 4.21 Å². The standard InChI is InChI=1S/C7H15NOS/c8-4-1-7-2-5-10(9)6-3-7/h7H,1-6,8H2. The van der Waals surface area contributed by atoms with Crippen molar-refractivity contribution in [3.8, 4) is 0 Å². The fourth-order valence-electron chi connectivity index (χ4n) is 1.37. The molecule has 0 amide bonds. The smallest absolute Gasteiger partial charge is 0.0237 e. The van der Waals surface area contributed by atoms with E-state index < -0.39 is 10.8 Å². The molecule has 0 aromatic rings. The Morgan fingerprint density at radius 2 is 2.00 bits per heavy atom. The van der Waals surface area contributed by atoms with Crippen LogP contribution in [-0.4, -0.2) is 22.3 Å². The highest BCUT2D eigenvalue weighted by molar-refractivity contribution is 7.85. The highest BCUT2D eigenvalue weighted by Gasteiger charge is 2.16. The Kier molecular flexibility index (Phi) is 3.35. The van der Waals surface area contributed by atoms with Crippen LogP contribution in [0.4, 0.5) is 0 Å². The lowest BCUT2D eigenvalue weighted by Gasteiger charge is -2.19. The van der Waals surface area contributed by atoms with Gasteiger partial charge in [-0.1, -0.05) is 0 Å². The van der Waals surface area contributed by atoms with Gasteiger partial charge in [0.15, 0.2) is 0 Å². The van der Waals surface area contributed by atoms with E-state index >= 15 is 0 Å². The second kappa shape index (κ2) is 4.09. The summed E-state index contributed by atoms with van der Waals surface area (Å²) in [7, 11) is -0.505. The van der Waals surface area contributed by atoms with Gasteiger partial charge in [0.05, 0.1) is 0 Å². The summed E-state index contributed by atoms with van der Waals surface area (Å²) in [5, 5.41) is 0. The molecule has 0 bridgehead atoms. The maximum absolute atomic E-state index is 10.9. The molecule has 2 N–H and O–H groups in total. The first kappa shape index (κ1) is 8.21. The van der Waals surface area contributed by atoms with E-state index in [1.165, 1.54) is 0 Å². The highest BCUT2D eigenvalue weighted by Crippen LogP contribution is 2.18. The van der Waals surface area contributed by atoms with Crippen molar-refractivity contribution in [2.75, 3.05) is 18.1 Å². The fourth-order valence-corrected chi connectivity index (χ4v) is 2.76. The van der Waals surface area contributed by atoms with E-state index in [1.54, 1.807) is 0 Å². The minimum atomic E-state index is -0.505. The second-order valence-corrected chi connectivity index (χ2v) is 4.56. The van der Waals surface area contributed by atoms with Gasteiger partial charge in [0.25, 0.3) is 0 Å². The molecule has 1 rings (SSSR count). The van der Waals surface area contributed by atoms with E-state index in [9.17, 15) is 4.21 Å². The first-order valence-electron chi connectivity index (χ1n) is 3.88. The van der Waals surface area contributed by atoms with Crippen molar-refractivity contribution in [1.29, 1.82) is 0 Å². The SMILES string of the molecule is NCCC1CCS(=O)CC1. The Hall–Kier alpha value is 0.110. The monoisotopic (exact) mass is 161 g/mol. The van der Waals surface area contributed by atoms with Crippen molar-refractivity contribution in [3.05, 3.63) is 0 Å². The van der Waals surface area contributed by atoms with Crippen LogP contribution in [-0.2, 0) is 10.8 Å². The lowest BCUT2D eigenvalue weighted by molar-refractivity contribution is 0.453. The quantitative estimate of drug-likeness (QED) is 0.640. The first-order chi connectivity index (χ1) is 4.83. The molecule has 0 aromatic heterocycles. The lowest BCUT2D eigenvalue weighted by atomic mass is 9.99. The Balaban J connectivity index is 2.19. The topological polar surface area (TPSA) is 43.1 Å². The first-order valence-corrected chi connectivity index (χ1v) is 5.37. The molecule has 0 aliphatic carbocycles. The third kappa shape index (κ3) is 2.39. The molecular formula is C7H15NOS. The largest absolute Gasteiger partial charge is 0.330 e. The Bertz CT molecular complexity index is 117. The zero-order valence-corrected chi connectivity index (χ0v) is 7.03. The van der Waals surface area contributed by atoms with Crippen LogP contribution < -0.4 is 5.73 Å². The predicted octanol–water partition coefficient (Wildman–Crippen LogP) is 0.494. The van der Waals surface area contributed by atoms with Gasteiger partial charge in [-0.05, 0) is 31.7 Å². The third-order valence-corrected chi connectivity index (χ3v) is 3.46. The van der Waals surface area contributed by atoms with Gasteiger partial charge in [0, 0.05) is 22.3 Å². The minimum absolute atomic E-state index is 0.505. The van der Waals surface area contributed by atoms with Gasteiger partial charge in [-0.15, -0.1) is 0 Å². The van der Waals surface area contributed by atoms with E-state index in [-0.39, 0.29) is 0 Å². The zero-order valence-electron chi connectivity index (χ0n) is 6.21. The molecule has 1 heterocycles. The maximum atomic E-state index is 10.9. The summed E-state index contributed by atoms with van der Waals surface area (Å²) in [6, 6.07) is 0. The average molecular weight is 161 g/mol. The summed E-state index contributed by atoms with van der Waals surface area (Å²) in [6.07, 6.45) is 3.38. The van der Waals surface area contributed by atoms with Crippen molar-refractivity contribution in [2.24, 2.45) is 11.7 Å². The molecular weight excluding hydrogens is 146 g/mol. The lowest BCUT2D eigenvalue weighted by Crippen LogP contribution is -2.20. The van der Waals surface area contributed by atoms with Crippen molar-refractivity contribution in [3.63, 3.8) is 0 Å². The second-order valence-electron chi connectivity index (χ2n) is 2.87. The summed E-state index contributed by atoms with van der Waals surface area (Å²) in [4.78, 5) is 0. The van der Waals surface area contributed by atoms with Gasteiger partial charge in [0.2, 0.25) is 0 Å². The van der Waals surface area contributed by atoms with Crippen LogP contribution in [0.2, 0.25) is 0 Å². The van der Waals surface area contributed by atoms with Crippen molar-refractivity contribution < 1.29 is 4.21 Å². The zero-order chi connectivity index (χ0) is 7.40. The number of hydrogen-bond donors (Lipinski definition) is 1. The normalized spacial score (nSPS) is 34.1. The maximum Gasteiger partial charge on any atom is 0.0237 e. The fraction of sp³-hybridized carbons (Fsp3) is 1.00. The van der Waals surface area contributed by atoms with Crippen LogP contribution in [0.15, 0.2) is 0 Å². The van der Waals surface area contributed by atoms with Crippen LogP contribution in [0.3, 0.4) is 0 Å². The van der Waals surface area contributed by atoms with Crippen LogP contribution in [0.25, 0.3) is 0 Å². The third-order valence-electron chi connectivity index (χ3n) is 2.08. The van der Waals surface area contributed by atoms with E-state index in [2.05, 4.69) is 0 Å². The molecule has 60 valence electrons. The molecule has 1 aliphatic rings. The average Bonchev–Trinajstić information content (AvgIpc) is 1.95. The molecule has 1 saturated heterocycles. The molecule has 0 unspecified atom stereocenters. The molecule has 0 saturated carbocycles. The molecule has 2 nitrogen and oxygen atoms in total. The summed E-state index contributed by atoms with van der Waals surface area (Å²) < 4.78 is 10.9. The molecule has 1 fully saturated rings. The molecule has 3 heteroatoms. The predicted molar refractivity (Wildman–Crippen MR) is 44.3 cm³/mol. The summed E-state index contributed by atoms with van der Waals surface area (Å²) >= 11 is 0. The van der Waals surface area contributed by atoms with Gasteiger partial charge in [-0.2, -0.15) is 0 Å². The molecule has 0 radical (unpaired) electrons. The van der Waals surface area contributed by atoms with Gasteiger partial charge < -0.3 is 5.73 Å². The number of hydrogen-bond acceptors (Lipinski definition) is 2. The number of nitrogens with two attached hydrogens (primary N) is 1. The molecule has 0 atom stereocenters. The molecule has 1 aliphatic heterocycles. The van der Waals surface area contributed by atoms with Crippen LogP contribution in [0, 0.1) is 5.92 Å². The molecule has 0 spiro atoms. The van der Waals surface area contributed by atoms with Gasteiger partial charge >= 0.3 is 0 Å². The van der Waals surface area contributed by atoms with Crippen LogP contribution in [0.1, 0.15) is 19.3 Å². The van der Waals surface area contributed by atoms with E-state index in [0.717, 1.165) is 43.2 Å². The van der Waals surface area contributed by atoms with E-state index in [0.29, 0.717) is 0 Å². The van der Waals surface area contributed by atoms with E-state index in [4.69, 9.17) is 5.73 Å². The Labute approximate surface area is 64.6 Å². The van der Waals surface area contributed by atoms with E-state index in [1.807, 2.05) is 0 Å². The molecule has 10 heavy (non-hydrogen) atoms. The summed E-state index contributed by atoms with van der Waals surface area (Å²) in [6.45, 7) is 0.789. The Morgan fingerprint density at radius 3 is 2.50 bits per heavy atom. The highest BCUT2D eigenvalue weighted by atomic mass is 32.2.